The molecule has 0 bridgehead atoms. The van der Waals surface area contributed by atoms with Crippen LogP contribution in [0.2, 0.25) is 0 Å². The monoisotopic (exact) mass is 486 g/mol. The number of hydrogen-bond donors (Lipinski definition) is 3. The van der Waals surface area contributed by atoms with Crippen LogP contribution in [0.1, 0.15) is 48.5 Å². The van der Waals surface area contributed by atoms with Gasteiger partial charge in [-0.05, 0) is 51.0 Å². The third kappa shape index (κ3) is 6.22. The third-order valence-corrected chi connectivity index (χ3v) is 5.42. The van der Waals surface area contributed by atoms with E-state index in [-0.39, 0.29) is 30.9 Å². The smallest absolute Gasteiger partial charge is 0.389 e. The topological polar surface area (TPSA) is 84.8 Å². The van der Waals surface area contributed by atoms with Gasteiger partial charge in [-0.3, -0.25) is 9.72 Å². The fraction of sp³-hybridized carbons (Fsp3) is 0.435. The van der Waals surface area contributed by atoms with E-state index in [1.165, 1.54) is 13.0 Å². The van der Waals surface area contributed by atoms with Crippen molar-refractivity contribution in [3.63, 3.8) is 0 Å². The Balaban J connectivity index is 1.81. The van der Waals surface area contributed by atoms with Crippen molar-refractivity contribution in [3.05, 3.63) is 64.6 Å². The summed E-state index contributed by atoms with van der Waals surface area (Å²) in [5.41, 5.74) is 6.33. The van der Waals surface area contributed by atoms with E-state index in [9.17, 15) is 27.1 Å². The fourth-order valence-electron chi connectivity index (χ4n) is 3.57. The Morgan fingerprint density at radius 3 is 2.44 bits per heavy atom. The second kappa shape index (κ2) is 9.85. The Hall–Kier alpha value is -2.76. The van der Waals surface area contributed by atoms with Gasteiger partial charge in [-0.15, -0.1) is 0 Å². The van der Waals surface area contributed by atoms with Crippen molar-refractivity contribution in [2.24, 2.45) is 5.73 Å². The molecule has 0 saturated carbocycles. The Morgan fingerprint density at radius 1 is 1.18 bits per heavy atom. The number of nitrogens with one attached hydrogen (secondary N) is 1. The number of hydrogen-bond acceptors (Lipinski definition) is 5. The minimum Gasteiger partial charge on any atom is -0.485 e. The number of aliphatic hydroxyl groups is 1. The number of rotatable bonds is 9. The van der Waals surface area contributed by atoms with Gasteiger partial charge in [-0.25, -0.2) is 13.8 Å². The van der Waals surface area contributed by atoms with Crippen molar-refractivity contribution >= 4 is 5.65 Å². The number of halogens is 5. The molecule has 3 rings (SSSR count). The molecule has 2 aromatic heterocycles. The molecule has 0 radical (unpaired) electrons. The summed E-state index contributed by atoms with van der Waals surface area (Å²) in [5, 5.41) is 13.5. The van der Waals surface area contributed by atoms with Gasteiger partial charge < -0.3 is 15.6 Å². The third-order valence-electron chi connectivity index (χ3n) is 5.42. The molecule has 0 saturated heterocycles. The van der Waals surface area contributed by atoms with Crippen molar-refractivity contribution in [1.82, 2.24) is 14.7 Å². The van der Waals surface area contributed by atoms with Gasteiger partial charge in [0.25, 0.3) is 0 Å². The summed E-state index contributed by atoms with van der Waals surface area (Å²) in [6, 6.07) is 5.17. The number of aryl methyl sites for hydroxylation is 2. The fourth-order valence-corrected chi connectivity index (χ4v) is 3.57. The van der Waals surface area contributed by atoms with Gasteiger partial charge in [-0.2, -0.15) is 13.2 Å². The van der Waals surface area contributed by atoms with Crippen molar-refractivity contribution in [3.8, 4) is 5.75 Å². The molecule has 0 aliphatic rings. The quantitative estimate of drug-likeness (QED) is 0.308. The summed E-state index contributed by atoms with van der Waals surface area (Å²) < 4.78 is 72.8. The molecule has 2 atom stereocenters. The average Bonchev–Trinajstić information content (AvgIpc) is 3.05. The minimum atomic E-state index is -4.32. The zero-order valence-electron chi connectivity index (χ0n) is 19.0. The number of pyridine rings is 1. The van der Waals surface area contributed by atoms with Crippen LogP contribution in [0, 0.1) is 25.5 Å². The summed E-state index contributed by atoms with van der Waals surface area (Å²) in [4.78, 5) is 4.42. The molecule has 4 N–H and O–H groups in total. The summed E-state index contributed by atoms with van der Waals surface area (Å²) >= 11 is 0. The zero-order valence-corrected chi connectivity index (χ0v) is 19.0. The molecule has 34 heavy (non-hydrogen) atoms. The summed E-state index contributed by atoms with van der Waals surface area (Å²) in [7, 11) is 0. The molecule has 2 heterocycles. The maximum Gasteiger partial charge on any atom is 0.389 e. The Labute approximate surface area is 193 Å². The zero-order chi connectivity index (χ0) is 25.3. The molecule has 0 spiro atoms. The molecule has 0 amide bonds. The van der Waals surface area contributed by atoms with Crippen LogP contribution >= 0.6 is 0 Å². The number of imidazole rings is 1. The van der Waals surface area contributed by atoms with Crippen molar-refractivity contribution in [1.29, 1.82) is 0 Å². The highest BCUT2D eigenvalue weighted by Gasteiger charge is 2.32. The lowest BCUT2D eigenvalue weighted by Gasteiger charge is -2.27. The van der Waals surface area contributed by atoms with Crippen LogP contribution in [0.3, 0.4) is 0 Å². The first kappa shape index (κ1) is 25.9. The van der Waals surface area contributed by atoms with Crippen molar-refractivity contribution in [2.45, 2.75) is 58.2 Å². The van der Waals surface area contributed by atoms with Crippen LogP contribution in [0.4, 0.5) is 22.0 Å². The van der Waals surface area contributed by atoms with E-state index in [0.29, 0.717) is 17.0 Å². The number of aliphatic hydroxyl groups excluding tert-OH is 1. The van der Waals surface area contributed by atoms with Gasteiger partial charge in [0.05, 0.1) is 17.0 Å². The van der Waals surface area contributed by atoms with Gasteiger partial charge in [0.15, 0.2) is 11.4 Å². The molecule has 0 aliphatic carbocycles. The van der Waals surface area contributed by atoms with E-state index in [1.54, 1.807) is 30.5 Å². The number of aromatic nitrogens is 2. The maximum atomic E-state index is 14.0. The van der Waals surface area contributed by atoms with E-state index < -0.39 is 36.0 Å². The maximum absolute atomic E-state index is 14.0. The lowest BCUT2D eigenvalue weighted by Crippen LogP contribution is -2.47. The van der Waals surface area contributed by atoms with Crippen molar-refractivity contribution < 1.29 is 31.8 Å². The van der Waals surface area contributed by atoms with Gasteiger partial charge in [-0.1, -0.05) is 6.07 Å². The number of nitrogens with zero attached hydrogens (tertiary/aromatic N) is 2. The highest BCUT2D eigenvalue weighted by atomic mass is 19.4. The number of ether oxygens (including phenoxy) is 1. The van der Waals surface area contributed by atoms with Crippen LogP contribution in [-0.2, 0) is 6.61 Å². The lowest BCUT2D eigenvalue weighted by atomic mass is 9.97. The molecular formula is C23H27F5N4O2. The molecule has 186 valence electrons. The first-order chi connectivity index (χ1) is 15.8. The van der Waals surface area contributed by atoms with Gasteiger partial charge >= 0.3 is 6.18 Å². The largest absolute Gasteiger partial charge is 0.485 e. The van der Waals surface area contributed by atoms with Crippen LogP contribution in [0.5, 0.6) is 5.75 Å². The second-order valence-corrected chi connectivity index (χ2v) is 8.70. The van der Waals surface area contributed by atoms with Crippen LogP contribution in [-0.4, -0.2) is 32.8 Å². The first-order valence-electron chi connectivity index (χ1n) is 10.6. The van der Waals surface area contributed by atoms with Crippen LogP contribution in [0.25, 0.3) is 5.65 Å². The summed E-state index contributed by atoms with van der Waals surface area (Å²) in [5.74, 6) is -1.23. The van der Waals surface area contributed by atoms with E-state index in [0.717, 1.165) is 17.7 Å². The number of nitrogens with two attached hydrogens (primary N) is 1. The summed E-state index contributed by atoms with van der Waals surface area (Å²) in [6.07, 6.45) is -5.27. The normalized spacial score (nSPS) is 14.9. The van der Waals surface area contributed by atoms with Crippen LogP contribution < -0.4 is 15.8 Å². The lowest BCUT2D eigenvalue weighted by molar-refractivity contribution is -0.138. The molecular weight excluding hydrogens is 459 g/mol. The molecule has 0 aliphatic heterocycles. The Morgan fingerprint density at radius 2 is 1.82 bits per heavy atom. The second-order valence-electron chi connectivity index (χ2n) is 8.70. The van der Waals surface area contributed by atoms with E-state index in [1.807, 2.05) is 0 Å². The van der Waals surface area contributed by atoms with Crippen molar-refractivity contribution in [2.75, 3.05) is 6.54 Å². The minimum absolute atomic E-state index is 0.0847. The van der Waals surface area contributed by atoms with E-state index in [4.69, 9.17) is 10.5 Å². The SMILES string of the molecule is Cc1cc(OCc2c(F)cccc2F)c2nc(C)c(C(O)NCC(C)(N)CCC(F)(F)F)n2c1. The predicted molar refractivity (Wildman–Crippen MR) is 116 cm³/mol. The van der Waals surface area contributed by atoms with Gasteiger partial charge in [0.1, 0.15) is 24.5 Å². The Kier molecular flexibility index (Phi) is 7.49. The predicted octanol–water partition coefficient (Wildman–Crippen LogP) is 4.45. The number of alkyl halides is 3. The number of fused-ring (bicyclic) bond motifs is 1. The summed E-state index contributed by atoms with van der Waals surface area (Å²) in [6.45, 7) is 4.43. The van der Waals surface area contributed by atoms with Crippen LogP contribution in [0.15, 0.2) is 30.5 Å². The van der Waals surface area contributed by atoms with E-state index >= 15 is 0 Å². The van der Waals surface area contributed by atoms with Gasteiger partial charge in [0, 0.05) is 24.7 Å². The molecule has 0 fully saturated rings. The average molecular weight is 486 g/mol. The first-order valence-corrected chi connectivity index (χ1v) is 10.6. The molecule has 1 aromatic carbocycles. The molecule has 2 unspecified atom stereocenters. The Bertz CT molecular complexity index is 1140. The van der Waals surface area contributed by atoms with E-state index in [2.05, 4.69) is 10.3 Å². The standard InChI is InChI=1S/C23H27F5N4O2/c1-13-9-18(34-11-15-16(24)5-4-6-17(15)25)20-31-14(2)19(32(20)10-13)21(33)30-12-22(3,29)7-8-23(26,27)28/h4-6,9-10,21,30,33H,7-8,11-12,29H2,1-3H3. The molecule has 6 nitrogen and oxygen atoms in total. The number of benzene rings is 1. The highest BCUT2D eigenvalue weighted by molar-refractivity contribution is 5.57. The highest BCUT2D eigenvalue weighted by Crippen LogP contribution is 2.29. The van der Waals surface area contributed by atoms with Gasteiger partial charge in [0.2, 0.25) is 0 Å². The molecule has 11 heteroatoms. The molecule has 3 aromatic rings.